The Balaban J connectivity index is 2.14. The fourth-order valence-electron chi connectivity index (χ4n) is 1.93. The van der Waals surface area contributed by atoms with Crippen LogP contribution < -0.4 is 0 Å². The maximum atomic E-state index is 13.1. The maximum Gasteiger partial charge on any atom is 0.431 e. The number of aromatic carboxylic acids is 1. The summed E-state index contributed by atoms with van der Waals surface area (Å²) in [6.07, 6.45) is -2.47. The first-order valence-electron chi connectivity index (χ1n) is 6.19. The average molecular weight is 317 g/mol. The van der Waals surface area contributed by atoms with Crippen LogP contribution in [0.3, 0.4) is 0 Å². The van der Waals surface area contributed by atoms with E-state index >= 15 is 0 Å². The Bertz CT molecular complexity index is 710. The molecule has 5 nitrogen and oxygen atoms in total. The summed E-state index contributed by atoms with van der Waals surface area (Å²) in [6.45, 7) is 0. The quantitative estimate of drug-likeness (QED) is 0.878. The molecule has 0 spiro atoms. The smallest absolute Gasteiger partial charge is 0.431 e. The van der Waals surface area contributed by atoms with E-state index in [4.69, 9.17) is 5.11 Å². The zero-order valence-electron chi connectivity index (χ0n) is 10.6. The zero-order chi connectivity index (χ0) is 15.2. The molecule has 112 valence electrons. The van der Waals surface area contributed by atoms with E-state index in [1.54, 1.807) is 0 Å². The van der Waals surface area contributed by atoms with Gasteiger partial charge < -0.3 is 5.11 Å². The summed E-state index contributed by atoms with van der Waals surface area (Å²) in [4.78, 5) is 11.1. The van der Waals surface area contributed by atoms with Crippen LogP contribution in [0.1, 0.15) is 28.9 Å². The molecule has 2 heterocycles. The highest BCUT2D eigenvalue weighted by Gasteiger charge is 2.36. The number of aromatic nitrogens is 3. The molecule has 0 atom stereocenters. The minimum atomic E-state index is -4.60. The summed E-state index contributed by atoms with van der Waals surface area (Å²) in [5.41, 5.74) is -1.55. The third-order valence-electron chi connectivity index (χ3n) is 3.19. The molecular weight excluding hydrogens is 307 g/mol. The van der Waals surface area contributed by atoms with Crippen LogP contribution in [0.5, 0.6) is 0 Å². The van der Waals surface area contributed by atoms with E-state index < -0.39 is 17.8 Å². The van der Waals surface area contributed by atoms with Gasteiger partial charge in [-0.15, -0.1) is 10.2 Å². The van der Waals surface area contributed by atoms with Gasteiger partial charge in [-0.05, 0) is 30.9 Å². The molecule has 1 saturated carbocycles. The molecule has 0 saturated heterocycles. The second-order valence-corrected chi connectivity index (χ2v) is 5.82. The number of nitrogens with zero attached hydrogens (tertiary/aromatic N) is 3. The van der Waals surface area contributed by atoms with Crippen molar-refractivity contribution in [2.75, 3.05) is 5.75 Å². The molecule has 1 N–H and O–H groups in total. The van der Waals surface area contributed by atoms with E-state index in [9.17, 15) is 18.0 Å². The lowest BCUT2D eigenvalue weighted by atomic mass is 10.2. The fraction of sp³-hybridized carbons (Fsp3) is 0.417. The predicted molar refractivity (Wildman–Crippen MR) is 68.4 cm³/mol. The van der Waals surface area contributed by atoms with Crippen LogP contribution >= 0.6 is 11.8 Å². The summed E-state index contributed by atoms with van der Waals surface area (Å²) in [5, 5.41) is 16.5. The van der Waals surface area contributed by atoms with Gasteiger partial charge in [0.15, 0.2) is 10.8 Å². The lowest BCUT2D eigenvalue weighted by molar-refractivity contribution is -0.142. The number of pyridine rings is 1. The Morgan fingerprint density at radius 2 is 2.10 bits per heavy atom. The van der Waals surface area contributed by atoms with Crippen molar-refractivity contribution in [2.24, 2.45) is 5.92 Å². The number of rotatable bonds is 4. The summed E-state index contributed by atoms with van der Waals surface area (Å²) in [6, 6.07) is 1.66. The Morgan fingerprint density at radius 1 is 1.38 bits per heavy atom. The summed E-state index contributed by atoms with van der Waals surface area (Å²) in [7, 11) is 0. The fourth-order valence-corrected chi connectivity index (χ4v) is 3.06. The molecule has 21 heavy (non-hydrogen) atoms. The van der Waals surface area contributed by atoms with Crippen LogP contribution in [-0.4, -0.2) is 31.4 Å². The van der Waals surface area contributed by atoms with E-state index in [-0.39, 0.29) is 16.4 Å². The SMILES string of the molecule is O=C(O)c1ccc(C(F)(F)F)n2c(SCC3CC3)nnc12. The Morgan fingerprint density at radius 3 is 2.67 bits per heavy atom. The number of alkyl halides is 3. The molecule has 2 aromatic heterocycles. The number of carbonyl (C=O) groups is 1. The van der Waals surface area contributed by atoms with Crippen LogP contribution in [0.4, 0.5) is 13.2 Å². The molecule has 0 amide bonds. The Labute approximate surface area is 121 Å². The highest BCUT2D eigenvalue weighted by Crippen LogP contribution is 2.37. The molecule has 1 aliphatic carbocycles. The van der Waals surface area contributed by atoms with Crippen molar-refractivity contribution >= 4 is 23.4 Å². The van der Waals surface area contributed by atoms with Gasteiger partial charge in [-0.3, -0.25) is 4.40 Å². The molecule has 0 unspecified atom stereocenters. The minimum Gasteiger partial charge on any atom is -0.478 e. The molecule has 3 rings (SSSR count). The van der Waals surface area contributed by atoms with Crippen molar-refractivity contribution in [3.63, 3.8) is 0 Å². The van der Waals surface area contributed by atoms with Crippen LogP contribution in [-0.2, 0) is 6.18 Å². The average Bonchev–Trinajstić information content (AvgIpc) is 3.13. The van der Waals surface area contributed by atoms with Gasteiger partial charge in [-0.1, -0.05) is 11.8 Å². The minimum absolute atomic E-state index is 0.0762. The number of fused-ring (bicyclic) bond motifs is 1. The van der Waals surface area contributed by atoms with Gasteiger partial charge in [0.25, 0.3) is 0 Å². The van der Waals surface area contributed by atoms with Gasteiger partial charge in [0.1, 0.15) is 11.3 Å². The van der Waals surface area contributed by atoms with E-state index in [0.29, 0.717) is 11.7 Å². The van der Waals surface area contributed by atoms with E-state index in [1.807, 2.05) is 0 Å². The molecule has 1 fully saturated rings. The van der Waals surface area contributed by atoms with Gasteiger partial charge in [0.05, 0.1) is 0 Å². The Hall–Kier alpha value is -1.77. The molecule has 9 heteroatoms. The molecule has 1 aliphatic rings. The van der Waals surface area contributed by atoms with Crippen molar-refractivity contribution in [1.29, 1.82) is 0 Å². The zero-order valence-corrected chi connectivity index (χ0v) is 11.4. The van der Waals surface area contributed by atoms with Gasteiger partial charge in [-0.2, -0.15) is 13.2 Å². The van der Waals surface area contributed by atoms with Gasteiger partial charge in [0.2, 0.25) is 0 Å². The van der Waals surface area contributed by atoms with Crippen molar-refractivity contribution in [3.05, 3.63) is 23.4 Å². The predicted octanol–water partition coefficient (Wildman–Crippen LogP) is 2.95. The van der Waals surface area contributed by atoms with Gasteiger partial charge in [0, 0.05) is 5.75 Å². The first-order chi connectivity index (χ1) is 9.88. The summed E-state index contributed by atoms with van der Waals surface area (Å²) >= 11 is 1.17. The summed E-state index contributed by atoms with van der Waals surface area (Å²) < 4.78 is 40.0. The first-order valence-corrected chi connectivity index (χ1v) is 7.18. The standard InChI is InChI=1S/C12H10F3N3O2S/c13-12(14,15)8-4-3-7(10(19)20)9-16-17-11(18(8)9)21-5-6-1-2-6/h3-4,6H,1-2,5H2,(H,19,20). The second kappa shape index (κ2) is 4.90. The van der Waals surface area contributed by atoms with Gasteiger partial charge >= 0.3 is 12.1 Å². The molecule has 0 radical (unpaired) electrons. The van der Waals surface area contributed by atoms with Crippen LogP contribution in [0, 0.1) is 5.92 Å². The highest BCUT2D eigenvalue weighted by atomic mass is 32.2. The van der Waals surface area contributed by atoms with Crippen LogP contribution in [0.2, 0.25) is 0 Å². The third-order valence-corrected chi connectivity index (χ3v) is 4.35. The monoisotopic (exact) mass is 317 g/mol. The molecular formula is C12H10F3N3O2S. The number of carboxylic acid groups (broad SMARTS) is 1. The second-order valence-electron chi connectivity index (χ2n) is 4.83. The number of thioether (sulfide) groups is 1. The number of halogens is 3. The van der Waals surface area contributed by atoms with E-state index in [2.05, 4.69) is 10.2 Å². The number of hydrogen-bond donors (Lipinski definition) is 1. The number of carboxylic acids is 1. The lowest BCUT2D eigenvalue weighted by Gasteiger charge is -2.11. The lowest BCUT2D eigenvalue weighted by Crippen LogP contribution is -2.14. The third kappa shape index (κ3) is 2.69. The molecule has 0 aromatic carbocycles. The van der Waals surface area contributed by atoms with Crippen molar-refractivity contribution in [2.45, 2.75) is 24.2 Å². The topological polar surface area (TPSA) is 67.5 Å². The molecule has 0 aliphatic heterocycles. The van der Waals surface area contributed by atoms with Crippen LogP contribution in [0.15, 0.2) is 17.3 Å². The molecule has 2 aromatic rings. The largest absolute Gasteiger partial charge is 0.478 e. The van der Waals surface area contributed by atoms with E-state index in [1.165, 1.54) is 11.8 Å². The normalized spacial score (nSPS) is 15.6. The van der Waals surface area contributed by atoms with Crippen LogP contribution in [0.25, 0.3) is 5.65 Å². The van der Waals surface area contributed by atoms with E-state index in [0.717, 1.165) is 29.4 Å². The first kappa shape index (κ1) is 14.2. The summed E-state index contributed by atoms with van der Waals surface area (Å²) in [5.74, 6) is -0.172. The van der Waals surface area contributed by atoms with Gasteiger partial charge in [-0.25, -0.2) is 4.79 Å². The Kier molecular flexibility index (Phi) is 3.31. The molecule has 0 bridgehead atoms. The van der Waals surface area contributed by atoms with Crippen molar-refractivity contribution in [1.82, 2.24) is 14.6 Å². The van der Waals surface area contributed by atoms with Crippen molar-refractivity contribution < 1.29 is 23.1 Å². The highest BCUT2D eigenvalue weighted by molar-refractivity contribution is 7.99. The maximum absolute atomic E-state index is 13.1. The van der Waals surface area contributed by atoms with Crippen molar-refractivity contribution in [3.8, 4) is 0 Å². The number of hydrogen-bond acceptors (Lipinski definition) is 4.